The van der Waals surface area contributed by atoms with Crippen LogP contribution in [0.4, 0.5) is 0 Å². The van der Waals surface area contributed by atoms with Gasteiger partial charge in [0.25, 0.3) is 0 Å². The Morgan fingerprint density at radius 1 is 0.417 bits per heavy atom. The summed E-state index contributed by atoms with van der Waals surface area (Å²) < 4.78 is 144. The molecule has 0 radical (unpaired) electrons. The van der Waals surface area contributed by atoms with Crippen molar-refractivity contribution in [3.63, 3.8) is 0 Å². The first-order chi connectivity index (χ1) is 26.2. The zero-order valence-electron chi connectivity index (χ0n) is 31.6. The van der Waals surface area contributed by atoms with Gasteiger partial charge in [-0.15, -0.1) is 37.2 Å². The Morgan fingerprint density at radius 2 is 0.783 bits per heavy atom. The Kier molecular flexibility index (Phi) is 16.3. The summed E-state index contributed by atoms with van der Waals surface area (Å²) in [5.41, 5.74) is 0.927. The van der Waals surface area contributed by atoms with E-state index in [4.69, 9.17) is 0 Å². The fourth-order valence-electron chi connectivity index (χ4n) is 6.09. The molecular weight excluding hydrogens is 905 g/mol. The Hall–Kier alpha value is -1.34. The summed E-state index contributed by atoms with van der Waals surface area (Å²) >= 11 is 0. The molecule has 0 amide bonds. The number of nitrogens with zero attached hydrogens (tertiary/aromatic N) is 6. The van der Waals surface area contributed by atoms with Gasteiger partial charge >= 0.3 is 118 Å². The van der Waals surface area contributed by atoms with Crippen molar-refractivity contribution in [2.45, 2.75) is 19.6 Å². The third kappa shape index (κ3) is 10.4. The van der Waals surface area contributed by atoms with Crippen molar-refractivity contribution in [2.75, 3.05) is 0 Å². The van der Waals surface area contributed by atoms with E-state index in [9.17, 15) is 53.3 Å². The van der Waals surface area contributed by atoms with Crippen LogP contribution in [0.1, 0.15) is 11.1 Å². The minimum Gasteiger partial charge on any atom is -0.612 e. The van der Waals surface area contributed by atoms with E-state index in [2.05, 4.69) is 20.4 Å². The Morgan fingerprint density at radius 3 is 1.12 bits per heavy atom. The smallest absolute Gasteiger partial charge is 0.612 e. The molecule has 0 saturated heterocycles. The fraction of sp³-hybridized carbons (Fsp3) is 0. The first kappa shape index (κ1) is 51.3. The number of fused-ring (bicyclic) bond motifs is 6. The maximum absolute atomic E-state index is 12.4. The van der Waals surface area contributed by atoms with Gasteiger partial charge in [-0.1, -0.05) is 12.1 Å². The molecule has 0 atom stereocenters. The van der Waals surface area contributed by atoms with Crippen molar-refractivity contribution < 1.29 is 171 Å². The van der Waals surface area contributed by atoms with Gasteiger partial charge in [0.05, 0.1) is 11.4 Å². The number of benzene rings is 6. The third-order valence-electron chi connectivity index (χ3n) is 8.69. The van der Waals surface area contributed by atoms with Crippen LogP contribution in [-0.4, -0.2) is 66.4 Å². The topological polar surface area (TPSA) is 314 Å². The van der Waals surface area contributed by atoms with Crippen molar-refractivity contribution >= 4 is 97.7 Å². The maximum Gasteiger partial charge on any atom is 1.00 e. The van der Waals surface area contributed by atoms with Gasteiger partial charge in [-0.05, 0) is 83.6 Å². The molecule has 0 aliphatic carbocycles. The van der Waals surface area contributed by atoms with Crippen LogP contribution in [-0.2, 0) is 58.8 Å². The second kappa shape index (κ2) is 19.0. The van der Waals surface area contributed by atoms with Gasteiger partial charge in [0, 0.05) is 88.1 Å². The first-order valence-electron chi connectivity index (χ1n) is 15.6. The number of aromatic nitrogens is 6. The summed E-state index contributed by atoms with van der Waals surface area (Å²) in [6.45, 7) is 0. The van der Waals surface area contributed by atoms with Crippen LogP contribution in [0.25, 0.3) is 67.1 Å². The van der Waals surface area contributed by atoms with Crippen LogP contribution in [0.5, 0.6) is 0 Å². The van der Waals surface area contributed by atoms with Crippen LogP contribution in [0.2, 0.25) is 0 Å². The van der Waals surface area contributed by atoms with E-state index in [1.165, 1.54) is 72.8 Å². The van der Waals surface area contributed by atoms with E-state index in [-0.39, 0.29) is 152 Å². The van der Waals surface area contributed by atoms with Crippen molar-refractivity contribution in [3.8, 4) is 11.4 Å². The van der Waals surface area contributed by atoms with E-state index in [1.807, 2.05) is 0 Å². The standard InChI is InChI=1S/C34H18N6O12S4.4Na/c41-53(42,43)25-9-11-27-21(15-25)5-13-29-33(27)37-39(35-29)23-7-3-19(31(17-23)55(47,48)49)1-2-20-4-8-24(18-32(20)56(50,51)52)40-36-30-14-6-22-16-26(54(44,45)46)10-12-28(22)34(30)38-40;;;;/h1-18H;;;;/q-4;4*+1/b2-1+;;;;. The molecule has 0 N–H and O–H groups in total. The average molecular weight is 923 g/mol. The molecule has 2 aromatic heterocycles. The molecule has 26 heteroatoms. The van der Waals surface area contributed by atoms with Crippen LogP contribution >= 0.6 is 0 Å². The molecule has 6 aromatic carbocycles. The van der Waals surface area contributed by atoms with Crippen LogP contribution in [0, 0.1) is 0 Å². The summed E-state index contributed by atoms with van der Waals surface area (Å²) in [5, 5.41) is 19.0. The van der Waals surface area contributed by atoms with E-state index in [1.54, 1.807) is 0 Å². The number of hydrogen-bond donors (Lipinski definition) is 0. The molecule has 0 unspecified atom stereocenters. The van der Waals surface area contributed by atoms with Crippen molar-refractivity contribution in [2.24, 2.45) is 0 Å². The van der Waals surface area contributed by atoms with Crippen LogP contribution in [0.3, 0.4) is 0 Å². The molecule has 60 heavy (non-hydrogen) atoms. The Balaban J connectivity index is 0.00000198. The SMILES string of the molecule is O=[S+]([O-])([O-])c1ccc2c(ccc3nn(-c4ccc(/C=C/c5ccc(-n6nc7ccc8cc([S+](=O)([O-])[O-])ccc8c7n6)cc5[S+](=O)([O-])[O-])c([S+](=O)([O-])[O-])c4)nc32)c1.[Na+].[Na+].[Na+].[Na+]. The quantitative estimate of drug-likeness (QED) is 0.0776. The number of rotatable bonds is 8. The minimum atomic E-state index is -5.17. The normalized spacial score (nSPS) is 12.3. The third-order valence-corrected chi connectivity index (χ3v) is 12.1. The molecule has 8 rings (SSSR count). The van der Waals surface area contributed by atoms with Gasteiger partial charge < -0.3 is 36.4 Å². The second-order valence-electron chi connectivity index (χ2n) is 12.2. The molecule has 0 bridgehead atoms. The summed E-state index contributed by atoms with van der Waals surface area (Å²) in [4.78, 5) is -0.249. The molecule has 284 valence electrons. The summed E-state index contributed by atoms with van der Waals surface area (Å²) in [5.74, 6) is 0. The van der Waals surface area contributed by atoms with Crippen LogP contribution < -0.4 is 118 Å². The zero-order valence-corrected chi connectivity index (χ0v) is 42.9. The largest absolute Gasteiger partial charge is 1.00 e. The Bertz CT molecular complexity index is 2990. The molecular formula is C34H18N6Na4O12S4. The predicted molar refractivity (Wildman–Crippen MR) is 193 cm³/mol. The van der Waals surface area contributed by atoms with Gasteiger partial charge in [-0.25, -0.2) is 0 Å². The van der Waals surface area contributed by atoms with Crippen molar-refractivity contribution in [1.29, 1.82) is 0 Å². The average Bonchev–Trinajstić information content (AvgIpc) is 3.77. The maximum atomic E-state index is 12.4. The van der Waals surface area contributed by atoms with Gasteiger partial charge in [-0.2, -0.15) is 9.59 Å². The van der Waals surface area contributed by atoms with E-state index >= 15 is 0 Å². The Labute approximate surface area is 432 Å². The van der Waals surface area contributed by atoms with E-state index in [0.29, 0.717) is 32.6 Å². The van der Waals surface area contributed by atoms with E-state index in [0.717, 1.165) is 46.0 Å². The summed E-state index contributed by atoms with van der Waals surface area (Å²) in [7, 11) is -19.8. The molecule has 0 aliphatic rings. The molecule has 2 heterocycles. The molecule has 0 aliphatic heterocycles. The fourth-order valence-corrected chi connectivity index (χ4v) is 8.49. The van der Waals surface area contributed by atoms with Crippen LogP contribution in [0.15, 0.2) is 117 Å². The van der Waals surface area contributed by atoms with Gasteiger partial charge in [0.15, 0.2) is 19.6 Å². The zero-order chi connectivity index (χ0) is 39.9. The molecule has 0 saturated carbocycles. The molecule has 0 fully saturated rings. The first-order valence-corrected chi connectivity index (χ1v) is 21.3. The molecule has 18 nitrogen and oxygen atoms in total. The molecule has 8 aromatic rings. The minimum absolute atomic E-state index is 0. The molecule has 0 spiro atoms. The second-order valence-corrected chi connectivity index (χ2v) is 17.7. The van der Waals surface area contributed by atoms with E-state index < -0.39 is 61.6 Å². The summed E-state index contributed by atoms with van der Waals surface area (Å²) in [6.07, 6.45) is 2.26. The van der Waals surface area contributed by atoms with Gasteiger partial charge in [0.1, 0.15) is 22.1 Å². The predicted octanol–water partition coefficient (Wildman–Crippen LogP) is -7.88. The van der Waals surface area contributed by atoms with Crippen molar-refractivity contribution in [1.82, 2.24) is 30.0 Å². The monoisotopic (exact) mass is 922 g/mol. The van der Waals surface area contributed by atoms with Gasteiger partial charge in [-0.3, -0.25) is 0 Å². The van der Waals surface area contributed by atoms with Gasteiger partial charge in [0.2, 0.25) is 0 Å². The number of hydrogen-bond acceptors (Lipinski definition) is 16. The summed E-state index contributed by atoms with van der Waals surface area (Å²) in [6, 6.07) is 20.7. The van der Waals surface area contributed by atoms with Crippen molar-refractivity contribution in [3.05, 3.63) is 108 Å².